The molecule has 0 saturated carbocycles. The predicted molar refractivity (Wildman–Crippen MR) is 79.9 cm³/mol. The number of ether oxygens (including phenoxy) is 2. The summed E-state index contributed by atoms with van der Waals surface area (Å²) >= 11 is 0. The highest BCUT2D eigenvalue weighted by Crippen LogP contribution is 2.24. The Hall–Kier alpha value is -2.56. The number of nitrogens with zero attached hydrogens (tertiary/aromatic N) is 1. The molecule has 0 bridgehead atoms. The SMILES string of the molecule is COc1cc(COc2cc(C)cc(C)c2)cc([N+](=O)[O-])c1. The molecule has 0 radical (unpaired) electrons. The van der Waals surface area contributed by atoms with Gasteiger partial charge in [-0.1, -0.05) is 6.07 Å². The second kappa shape index (κ2) is 6.26. The Morgan fingerprint density at radius 3 is 2.24 bits per heavy atom. The zero-order valence-electron chi connectivity index (χ0n) is 12.3. The molecule has 0 aliphatic rings. The minimum absolute atomic E-state index is 0.00614. The van der Waals surface area contributed by atoms with E-state index in [0.717, 1.165) is 16.9 Å². The summed E-state index contributed by atoms with van der Waals surface area (Å²) in [6, 6.07) is 10.5. The Balaban J connectivity index is 2.19. The molecule has 0 aliphatic carbocycles. The molecule has 21 heavy (non-hydrogen) atoms. The van der Waals surface area contributed by atoms with E-state index in [1.807, 2.05) is 26.0 Å². The number of nitro benzene ring substituents is 1. The number of non-ortho nitro benzene ring substituents is 1. The van der Waals surface area contributed by atoms with Crippen LogP contribution in [0.2, 0.25) is 0 Å². The fourth-order valence-electron chi connectivity index (χ4n) is 2.13. The lowest BCUT2D eigenvalue weighted by molar-refractivity contribution is -0.385. The zero-order chi connectivity index (χ0) is 15.4. The first kappa shape index (κ1) is 14.8. The largest absolute Gasteiger partial charge is 0.496 e. The number of hydrogen-bond donors (Lipinski definition) is 0. The molecule has 0 aromatic heterocycles. The second-order valence-corrected chi connectivity index (χ2v) is 4.91. The lowest BCUT2D eigenvalue weighted by Crippen LogP contribution is -1.99. The monoisotopic (exact) mass is 287 g/mol. The van der Waals surface area contributed by atoms with E-state index < -0.39 is 4.92 Å². The minimum Gasteiger partial charge on any atom is -0.496 e. The van der Waals surface area contributed by atoms with Gasteiger partial charge < -0.3 is 9.47 Å². The number of aryl methyl sites for hydroxylation is 2. The van der Waals surface area contributed by atoms with E-state index >= 15 is 0 Å². The third-order valence-electron chi connectivity index (χ3n) is 3.00. The molecule has 0 heterocycles. The standard InChI is InChI=1S/C16H17NO4/c1-11-4-12(2)6-16(5-11)21-10-13-7-14(17(18)19)9-15(8-13)20-3/h4-9H,10H2,1-3H3. The lowest BCUT2D eigenvalue weighted by Gasteiger charge is -2.09. The van der Waals surface area contributed by atoms with E-state index in [4.69, 9.17) is 9.47 Å². The van der Waals surface area contributed by atoms with Crippen LogP contribution >= 0.6 is 0 Å². The quantitative estimate of drug-likeness (QED) is 0.620. The molecular formula is C16H17NO4. The summed E-state index contributed by atoms with van der Waals surface area (Å²) in [5, 5.41) is 10.9. The third kappa shape index (κ3) is 3.95. The van der Waals surface area contributed by atoms with Crippen LogP contribution in [0.3, 0.4) is 0 Å². The molecule has 0 saturated heterocycles. The van der Waals surface area contributed by atoms with Crippen molar-refractivity contribution >= 4 is 5.69 Å². The van der Waals surface area contributed by atoms with E-state index in [-0.39, 0.29) is 12.3 Å². The third-order valence-corrected chi connectivity index (χ3v) is 3.00. The fraction of sp³-hybridized carbons (Fsp3) is 0.250. The number of nitro groups is 1. The summed E-state index contributed by atoms with van der Waals surface area (Å²) in [4.78, 5) is 10.5. The van der Waals surface area contributed by atoms with Crippen molar-refractivity contribution in [2.75, 3.05) is 7.11 Å². The van der Waals surface area contributed by atoms with Gasteiger partial charge in [-0.25, -0.2) is 0 Å². The molecule has 0 fully saturated rings. The van der Waals surface area contributed by atoms with Crippen LogP contribution in [0.15, 0.2) is 36.4 Å². The maximum absolute atomic E-state index is 10.9. The van der Waals surface area contributed by atoms with E-state index in [9.17, 15) is 10.1 Å². The smallest absolute Gasteiger partial charge is 0.273 e. The van der Waals surface area contributed by atoms with Gasteiger partial charge in [-0.2, -0.15) is 0 Å². The molecular weight excluding hydrogens is 270 g/mol. The topological polar surface area (TPSA) is 61.6 Å². The van der Waals surface area contributed by atoms with Gasteiger partial charge in [0.2, 0.25) is 0 Å². The van der Waals surface area contributed by atoms with Crippen LogP contribution in [0, 0.1) is 24.0 Å². The van der Waals surface area contributed by atoms with Crippen LogP contribution in [0.4, 0.5) is 5.69 Å². The number of rotatable bonds is 5. The van der Waals surface area contributed by atoms with Crippen LogP contribution in [0.5, 0.6) is 11.5 Å². The van der Waals surface area contributed by atoms with Gasteiger partial charge in [0.1, 0.15) is 18.1 Å². The highest BCUT2D eigenvalue weighted by molar-refractivity contribution is 5.43. The summed E-state index contributed by atoms with van der Waals surface area (Å²) < 4.78 is 10.8. The molecule has 110 valence electrons. The average Bonchev–Trinajstić information content (AvgIpc) is 2.43. The lowest BCUT2D eigenvalue weighted by atomic mass is 10.1. The van der Waals surface area contributed by atoms with E-state index in [1.165, 1.54) is 19.2 Å². The number of benzene rings is 2. The van der Waals surface area contributed by atoms with Gasteiger partial charge in [0.15, 0.2) is 0 Å². The van der Waals surface area contributed by atoms with E-state index in [0.29, 0.717) is 11.3 Å². The first-order chi connectivity index (χ1) is 9.97. The molecule has 2 aromatic carbocycles. The van der Waals surface area contributed by atoms with Gasteiger partial charge in [-0.15, -0.1) is 0 Å². The molecule has 5 heteroatoms. The molecule has 0 N–H and O–H groups in total. The van der Waals surface area contributed by atoms with Crippen molar-refractivity contribution in [3.8, 4) is 11.5 Å². The maximum Gasteiger partial charge on any atom is 0.273 e. The van der Waals surface area contributed by atoms with Crippen molar-refractivity contribution in [3.05, 3.63) is 63.2 Å². The summed E-state index contributed by atoms with van der Waals surface area (Å²) in [6.07, 6.45) is 0. The highest BCUT2D eigenvalue weighted by atomic mass is 16.6. The Morgan fingerprint density at radius 1 is 1.00 bits per heavy atom. The normalized spacial score (nSPS) is 10.2. The second-order valence-electron chi connectivity index (χ2n) is 4.91. The van der Waals surface area contributed by atoms with Crippen LogP contribution in [0.25, 0.3) is 0 Å². The number of hydrogen-bond acceptors (Lipinski definition) is 4. The van der Waals surface area contributed by atoms with Crippen LogP contribution < -0.4 is 9.47 Å². The van der Waals surface area contributed by atoms with Crippen molar-refractivity contribution in [3.63, 3.8) is 0 Å². The van der Waals surface area contributed by atoms with Gasteiger partial charge in [0.05, 0.1) is 18.1 Å². The first-order valence-electron chi connectivity index (χ1n) is 6.51. The van der Waals surface area contributed by atoms with Crippen LogP contribution in [0.1, 0.15) is 16.7 Å². The van der Waals surface area contributed by atoms with Gasteiger partial charge in [0, 0.05) is 6.07 Å². The zero-order valence-corrected chi connectivity index (χ0v) is 12.3. The van der Waals surface area contributed by atoms with Crippen LogP contribution in [-0.2, 0) is 6.61 Å². The Morgan fingerprint density at radius 2 is 1.67 bits per heavy atom. The van der Waals surface area contributed by atoms with Crippen molar-refractivity contribution in [1.29, 1.82) is 0 Å². The Labute approximate surface area is 123 Å². The minimum atomic E-state index is -0.442. The van der Waals surface area contributed by atoms with E-state index in [1.54, 1.807) is 6.07 Å². The van der Waals surface area contributed by atoms with Gasteiger partial charge >= 0.3 is 0 Å². The summed E-state index contributed by atoms with van der Waals surface area (Å²) in [6.45, 7) is 4.24. The van der Waals surface area contributed by atoms with Crippen LogP contribution in [-0.4, -0.2) is 12.0 Å². The summed E-state index contributed by atoms with van der Waals surface area (Å²) in [7, 11) is 1.48. The molecule has 0 unspecified atom stereocenters. The molecule has 2 aromatic rings. The molecule has 2 rings (SSSR count). The van der Waals surface area contributed by atoms with Gasteiger partial charge in [0.25, 0.3) is 5.69 Å². The summed E-state index contributed by atoms with van der Waals surface area (Å²) in [5.41, 5.74) is 2.91. The molecule has 0 atom stereocenters. The van der Waals surface area contributed by atoms with Crippen molar-refractivity contribution in [2.45, 2.75) is 20.5 Å². The predicted octanol–water partition coefficient (Wildman–Crippen LogP) is 3.80. The van der Waals surface area contributed by atoms with Crippen molar-refractivity contribution in [1.82, 2.24) is 0 Å². The Kier molecular flexibility index (Phi) is 4.42. The van der Waals surface area contributed by atoms with Crippen molar-refractivity contribution < 1.29 is 14.4 Å². The Bertz CT molecular complexity index is 647. The number of methoxy groups -OCH3 is 1. The molecule has 5 nitrogen and oxygen atoms in total. The van der Waals surface area contributed by atoms with Gasteiger partial charge in [-0.05, 0) is 48.7 Å². The molecule has 0 spiro atoms. The van der Waals surface area contributed by atoms with E-state index in [2.05, 4.69) is 6.07 Å². The van der Waals surface area contributed by atoms with Gasteiger partial charge in [-0.3, -0.25) is 10.1 Å². The maximum atomic E-state index is 10.9. The fourth-order valence-corrected chi connectivity index (χ4v) is 2.13. The summed E-state index contributed by atoms with van der Waals surface area (Å²) in [5.74, 6) is 1.20. The van der Waals surface area contributed by atoms with Crippen molar-refractivity contribution in [2.24, 2.45) is 0 Å². The molecule has 0 amide bonds. The molecule has 0 aliphatic heterocycles. The average molecular weight is 287 g/mol. The highest BCUT2D eigenvalue weighted by Gasteiger charge is 2.10. The first-order valence-corrected chi connectivity index (χ1v) is 6.51.